The van der Waals surface area contributed by atoms with Gasteiger partial charge in [-0.2, -0.15) is 5.06 Å². The van der Waals surface area contributed by atoms with Gasteiger partial charge in [-0.15, -0.1) is 0 Å². The fourth-order valence-electron chi connectivity index (χ4n) is 3.26. The number of hydrogen-bond donors (Lipinski definition) is 1. The van der Waals surface area contributed by atoms with Crippen molar-refractivity contribution in [3.8, 4) is 0 Å². The van der Waals surface area contributed by atoms with Crippen LogP contribution in [-0.4, -0.2) is 36.3 Å². The fourth-order valence-corrected chi connectivity index (χ4v) is 3.26. The lowest BCUT2D eigenvalue weighted by Crippen LogP contribution is -2.44. The molecule has 1 N–H and O–H groups in total. The molecule has 4 nitrogen and oxygen atoms in total. The van der Waals surface area contributed by atoms with E-state index in [1.165, 1.54) is 30.5 Å². The van der Waals surface area contributed by atoms with Crippen LogP contribution in [0.4, 0.5) is 0 Å². The van der Waals surface area contributed by atoms with Crippen molar-refractivity contribution >= 4 is 0 Å². The van der Waals surface area contributed by atoms with Crippen LogP contribution in [0.15, 0.2) is 18.3 Å². The second-order valence-electron chi connectivity index (χ2n) is 5.55. The van der Waals surface area contributed by atoms with Crippen LogP contribution in [0.2, 0.25) is 0 Å². The largest absolute Gasteiger partial charge is 0.306 e. The van der Waals surface area contributed by atoms with Crippen LogP contribution < -0.4 is 5.32 Å². The minimum atomic E-state index is 0. The molecule has 0 amide bonds. The molecule has 1 fully saturated rings. The Balaban J connectivity index is 0.00000147. The standard InChI is InChI=1S/C15H23N3O.CH4/c1-19-18-10-7-13(8-11-18)17-14-6-2-4-12-5-3-9-16-15(12)14;/h3,5,9,13-14,17H,2,4,6-8,10-11H2,1H3;1H4. The molecular formula is C16H27N3O. The Kier molecular flexibility index (Phi) is 5.52. The third-order valence-electron chi connectivity index (χ3n) is 4.34. The molecule has 1 aromatic rings. The van der Waals surface area contributed by atoms with Crippen molar-refractivity contribution < 1.29 is 4.84 Å². The Labute approximate surface area is 122 Å². The second-order valence-corrected chi connectivity index (χ2v) is 5.55. The van der Waals surface area contributed by atoms with E-state index in [9.17, 15) is 0 Å². The van der Waals surface area contributed by atoms with E-state index in [0.717, 1.165) is 25.9 Å². The summed E-state index contributed by atoms with van der Waals surface area (Å²) in [4.78, 5) is 9.88. The molecule has 1 aliphatic heterocycles. The number of pyridine rings is 1. The van der Waals surface area contributed by atoms with Crippen molar-refractivity contribution in [1.82, 2.24) is 15.4 Å². The quantitative estimate of drug-likeness (QED) is 0.922. The number of nitrogens with one attached hydrogen (secondary N) is 1. The van der Waals surface area contributed by atoms with E-state index in [4.69, 9.17) is 4.84 Å². The van der Waals surface area contributed by atoms with Crippen LogP contribution in [0.5, 0.6) is 0 Å². The van der Waals surface area contributed by atoms with Gasteiger partial charge in [0, 0.05) is 31.4 Å². The van der Waals surface area contributed by atoms with Gasteiger partial charge in [-0.25, -0.2) is 0 Å². The maximum Gasteiger partial charge on any atom is 0.0605 e. The van der Waals surface area contributed by atoms with E-state index < -0.39 is 0 Å². The molecule has 0 radical (unpaired) electrons. The van der Waals surface area contributed by atoms with Crippen molar-refractivity contribution in [2.24, 2.45) is 0 Å². The number of hydroxylamine groups is 2. The van der Waals surface area contributed by atoms with Gasteiger partial charge in [0.25, 0.3) is 0 Å². The maximum atomic E-state index is 5.28. The highest BCUT2D eigenvalue weighted by atomic mass is 16.7. The summed E-state index contributed by atoms with van der Waals surface area (Å²) in [6.45, 7) is 2.05. The molecule has 4 heteroatoms. The van der Waals surface area contributed by atoms with Gasteiger partial charge < -0.3 is 10.2 Å². The van der Waals surface area contributed by atoms with Crippen LogP contribution in [0.25, 0.3) is 0 Å². The molecule has 3 rings (SSSR count). The van der Waals surface area contributed by atoms with Crippen LogP contribution in [0.1, 0.15) is 50.4 Å². The minimum Gasteiger partial charge on any atom is -0.306 e. The summed E-state index contributed by atoms with van der Waals surface area (Å²) in [5.74, 6) is 0. The van der Waals surface area contributed by atoms with Gasteiger partial charge >= 0.3 is 0 Å². The summed E-state index contributed by atoms with van der Waals surface area (Å²) < 4.78 is 0. The van der Waals surface area contributed by atoms with E-state index in [1.807, 2.05) is 11.3 Å². The first-order valence-electron chi connectivity index (χ1n) is 7.35. The topological polar surface area (TPSA) is 37.4 Å². The van der Waals surface area contributed by atoms with E-state index in [2.05, 4.69) is 22.4 Å². The van der Waals surface area contributed by atoms with Crippen LogP contribution in [0.3, 0.4) is 0 Å². The molecule has 0 spiro atoms. The first-order chi connectivity index (χ1) is 9.36. The second kappa shape index (κ2) is 7.16. The molecule has 2 heterocycles. The zero-order chi connectivity index (χ0) is 13.1. The summed E-state index contributed by atoms with van der Waals surface area (Å²) in [5, 5.41) is 5.86. The minimum absolute atomic E-state index is 0. The monoisotopic (exact) mass is 277 g/mol. The Morgan fingerprint density at radius 2 is 2.10 bits per heavy atom. The number of piperidine rings is 1. The normalized spacial score (nSPS) is 23.9. The Bertz CT molecular complexity index is 416. The third-order valence-corrected chi connectivity index (χ3v) is 4.34. The molecule has 0 bridgehead atoms. The first kappa shape index (κ1) is 15.4. The van der Waals surface area contributed by atoms with Gasteiger partial charge in [0.2, 0.25) is 0 Å². The molecule has 1 aromatic heterocycles. The number of fused-ring (bicyclic) bond motifs is 1. The first-order valence-corrected chi connectivity index (χ1v) is 7.35. The number of aromatic nitrogens is 1. The van der Waals surface area contributed by atoms with Gasteiger partial charge in [0.05, 0.1) is 12.8 Å². The lowest BCUT2D eigenvalue weighted by Gasteiger charge is -2.34. The maximum absolute atomic E-state index is 5.28. The molecule has 1 atom stereocenters. The van der Waals surface area contributed by atoms with Crippen molar-refractivity contribution in [2.75, 3.05) is 20.2 Å². The summed E-state index contributed by atoms with van der Waals surface area (Å²) in [6.07, 6.45) is 7.91. The van der Waals surface area contributed by atoms with Crippen LogP contribution in [-0.2, 0) is 11.3 Å². The third kappa shape index (κ3) is 3.37. The Hall–Kier alpha value is -0.970. The number of hydrogen-bond acceptors (Lipinski definition) is 4. The average Bonchev–Trinajstić information content (AvgIpc) is 2.48. The SMILES string of the molecule is C.CON1CCC(NC2CCCc3cccnc32)CC1. The van der Waals surface area contributed by atoms with Crippen molar-refractivity contribution in [2.45, 2.75) is 51.6 Å². The lowest BCUT2D eigenvalue weighted by molar-refractivity contribution is -0.145. The zero-order valence-corrected chi connectivity index (χ0v) is 11.6. The molecule has 2 aliphatic rings. The Morgan fingerprint density at radius 3 is 2.85 bits per heavy atom. The molecule has 0 saturated carbocycles. The van der Waals surface area contributed by atoms with Crippen molar-refractivity contribution in [3.63, 3.8) is 0 Å². The van der Waals surface area contributed by atoms with E-state index >= 15 is 0 Å². The van der Waals surface area contributed by atoms with E-state index in [1.54, 1.807) is 7.11 Å². The number of rotatable bonds is 3. The Morgan fingerprint density at radius 1 is 1.30 bits per heavy atom. The number of aryl methyl sites for hydroxylation is 1. The molecule has 1 saturated heterocycles. The van der Waals surface area contributed by atoms with E-state index in [0.29, 0.717) is 12.1 Å². The molecule has 20 heavy (non-hydrogen) atoms. The molecule has 1 unspecified atom stereocenters. The van der Waals surface area contributed by atoms with Crippen molar-refractivity contribution in [1.29, 1.82) is 0 Å². The van der Waals surface area contributed by atoms with Gasteiger partial charge in [0.1, 0.15) is 0 Å². The molecule has 1 aliphatic carbocycles. The van der Waals surface area contributed by atoms with Crippen LogP contribution in [0, 0.1) is 0 Å². The van der Waals surface area contributed by atoms with Crippen molar-refractivity contribution in [3.05, 3.63) is 29.6 Å². The molecule has 112 valence electrons. The summed E-state index contributed by atoms with van der Waals surface area (Å²) >= 11 is 0. The van der Waals surface area contributed by atoms with Gasteiger partial charge in [-0.05, 0) is 43.7 Å². The predicted molar refractivity (Wildman–Crippen MR) is 81.4 cm³/mol. The highest BCUT2D eigenvalue weighted by molar-refractivity contribution is 5.25. The lowest BCUT2D eigenvalue weighted by atomic mass is 9.90. The van der Waals surface area contributed by atoms with Gasteiger partial charge in [-0.3, -0.25) is 4.98 Å². The summed E-state index contributed by atoms with van der Waals surface area (Å²) in [5.41, 5.74) is 2.71. The molecule has 0 aromatic carbocycles. The zero-order valence-electron chi connectivity index (χ0n) is 11.6. The average molecular weight is 277 g/mol. The van der Waals surface area contributed by atoms with Gasteiger partial charge in [-0.1, -0.05) is 13.5 Å². The van der Waals surface area contributed by atoms with Crippen LogP contribution >= 0.6 is 0 Å². The smallest absolute Gasteiger partial charge is 0.0605 e. The van der Waals surface area contributed by atoms with E-state index in [-0.39, 0.29) is 7.43 Å². The fraction of sp³-hybridized carbons (Fsp3) is 0.688. The molecular weight excluding hydrogens is 250 g/mol. The highest BCUT2D eigenvalue weighted by Gasteiger charge is 2.26. The predicted octanol–water partition coefficient (Wildman–Crippen LogP) is 2.71. The van der Waals surface area contributed by atoms with Gasteiger partial charge in [0.15, 0.2) is 0 Å². The number of nitrogens with zero attached hydrogens (tertiary/aromatic N) is 2. The summed E-state index contributed by atoms with van der Waals surface area (Å²) in [6, 6.07) is 5.33. The highest BCUT2D eigenvalue weighted by Crippen LogP contribution is 2.29. The summed E-state index contributed by atoms with van der Waals surface area (Å²) in [7, 11) is 1.76.